The molecule has 33 heavy (non-hydrogen) atoms. The zero-order valence-electron chi connectivity index (χ0n) is 19.9. The van der Waals surface area contributed by atoms with Crippen molar-refractivity contribution < 1.29 is 14.3 Å². The van der Waals surface area contributed by atoms with Gasteiger partial charge in [-0.2, -0.15) is 0 Å². The van der Waals surface area contributed by atoms with Crippen molar-refractivity contribution in [2.24, 2.45) is 0 Å². The third kappa shape index (κ3) is 4.15. The molecule has 174 valence electrons. The van der Waals surface area contributed by atoms with Crippen LogP contribution in [0.5, 0.6) is 11.5 Å². The van der Waals surface area contributed by atoms with Gasteiger partial charge >= 0.3 is 0 Å². The predicted molar refractivity (Wildman–Crippen MR) is 131 cm³/mol. The van der Waals surface area contributed by atoms with Crippen molar-refractivity contribution in [3.05, 3.63) is 58.5 Å². The Hall–Kier alpha value is -3.48. The first-order valence-corrected chi connectivity index (χ1v) is 11.3. The molecule has 2 aromatic carbocycles. The van der Waals surface area contributed by atoms with Crippen molar-refractivity contribution in [1.29, 1.82) is 0 Å². The summed E-state index contributed by atoms with van der Waals surface area (Å²) in [5, 5.41) is 0.985. The second-order valence-electron chi connectivity index (χ2n) is 8.73. The molecule has 1 saturated heterocycles. The van der Waals surface area contributed by atoms with E-state index in [1.54, 1.807) is 30.0 Å². The summed E-state index contributed by atoms with van der Waals surface area (Å²) in [5.74, 6) is 0.862. The number of fused-ring (bicyclic) bond motifs is 1. The molecule has 1 atom stereocenters. The Labute approximate surface area is 194 Å². The maximum atomic E-state index is 13.8. The number of benzene rings is 2. The molecular formula is C26H31N3O4. The Bertz CT molecular complexity index is 1250. The number of carbonyl (C=O) groups excluding carboxylic acids is 1. The summed E-state index contributed by atoms with van der Waals surface area (Å²) in [6.07, 6.45) is 4.75. The summed E-state index contributed by atoms with van der Waals surface area (Å²) < 4.78 is 12.5. The third-order valence-electron chi connectivity index (χ3n) is 6.44. The van der Waals surface area contributed by atoms with Crippen LogP contribution in [-0.2, 0) is 0 Å². The minimum Gasteiger partial charge on any atom is -0.493 e. The second-order valence-corrected chi connectivity index (χ2v) is 8.73. The van der Waals surface area contributed by atoms with Gasteiger partial charge in [-0.1, -0.05) is 6.07 Å². The first kappa shape index (κ1) is 22.7. The number of hydrogen-bond acceptors (Lipinski definition) is 5. The van der Waals surface area contributed by atoms with Gasteiger partial charge in [0.25, 0.3) is 11.5 Å². The van der Waals surface area contributed by atoms with Gasteiger partial charge < -0.3 is 19.3 Å². The quantitative estimate of drug-likeness (QED) is 0.587. The van der Waals surface area contributed by atoms with Crippen LogP contribution in [0.3, 0.4) is 0 Å². The van der Waals surface area contributed by atoms with Crippen LogP contribution in [-0.4, -0.2) is 56.3 Å². The van der Waals surface area contributed by atoms with Crippen LogP contribution in [0.15, 0.2) is 47.4 Å². The largest absolute Gasteiger partial charge is 0.493 e. The fourth-order valence-corrected chi connectivity index (χ4v) is 4.50. The van der Waals surface area contributed by atoms with Gasteiger partial charge in [-0.05, 0) is 56.5 Å². The van der Waals surface area contributed by atoms with Crippen LogP contribution >= 0.6 is 0 Å². The number of carbonyl (C=O) groups is 1. The van der Waals surface area contributed by atoms with E-state index in [1.807, 2.05) is 48.2 Å². The first-order chi connectivity index (χ1) is 15.8. The number of piperidine rings is 1. The lowest BCUT2D eigenvalue weighted by molar-refractivity contribution is 0.0637. The molecule has 7 heteroatoms. The molecule has 0 N–H and O–H groups in total. The van der Waals surface area contributed by atoms with E-state index in [4.69, 9.17) is 9.47 Å². The van der Waals surface area contributed by atoms with E-state index in [0.29, 0.717) is 40.1 Å². The van der Waals surface area contributed by atoms with Gasteiger partial charge in [0.1, 0.15) is 0 Å². The minimum absolute atomic E-state index is 0.0723. The summed E-state index contributed by atoms with van der Waals surface area (Å²) in [5.41, 5.74) is 1.92. The summed E-state index contributed by atoms with van der Waals surface area (Å²) in [6, 6.07) is 11.2. The predicted octanol–water partition coefficient (Wildman–Crippen LogP) is 4.09. The number of pyridine rings is 1. The molecule has 1 aliphatic rings. The lowest BCUT2D eigenvalue weighted by Crippen LogP contribution is -2.42. The van der Waals surface area contributed by atoms with Gasteiger partial charge in [0, 0.05) is 44.0 Å². The number of hydrogen-bond donors (Lipinski definition) is 0. The van der Waals surface area contributed by atoms with Gasteiger partial charge in [0.2, 0.25) is 0 Å². The van der Waals surface area contributed by atoms with Crippen molar-refractivity contribution in [2.75, 3.05) is 39.8 Å². The Kier molecular flexibility index (Phi) is 6.31. The lowest BCUT2D eigenvalue weighted by atomic mass is 10.00. The molecule has 0 spiro atoms. The highest BCUT2D eigenvalue weighted by Crippen LogP contribution is 2.34. The molecule has 1 aromatic heterocycles. The van der Waals surface area contributed by atoms with Crippen LogP contribution in [0.2, 0.25) is 0 Å². The SMILES string of the molecule is COc1cc2c(C(=O)N3CCCCC3C)cn(-c3cccc(N(C)C)c3)c(=O)c2cc1OC. The van der Waals surface area contributed by atoms with Crippen molar-refractivity contribution in [3.63, 3.8) is 0 Å². The number of likely N-dealkylation sites (tertiary alicyclic amines) is 1. The van der Waals surface area contributed by atoms with E-state index in [-0.39, 0.29) is 17.5 Å². The number of anilines is 1. The molecule has 4 rings (SSSR count). The standard InChI is InChI=1S/C26H31N3O4/c1-17-9-6-7-12-28(17)26(31)22-16-29(19-11-8-10-18(13-19)27(2)3)25(30)21-15-24(33-5)23(32-4)14-20(21)22/h8,10-11,13-17H,6-7,9,12H2,1-5H3. The number of amides is 1. The van der Waals surface area contributed by atoms with Gasteiger partial charge in [-0.15, -0.1) is 0 Å². The van der Waals surface area contributed by atoms with Crippen LogP contribution in [0.1, 0.15) is 36.5 Å². The van der Waals surface area contributed by atoms with Crippen molar-refractivity contribution in [2.45, 2.75) is 32.2 Å². The highest BCUT2D eigenvalue weighted by molar-refractivity contribution is 6.07. The molecule has 0 aliphatic carbocycles. The number of ether oxygens (including phenoxy) is 2. The molecule has 1 amide bonds. The van der Waals surface area contributed by atoms with Crippen LogP contribution < -0.4 is 19.9 Å². The monoisotopic (exact) mass is 449 g/mol. The molecule has 0 saturated carbocycles. The smallest absolute Gasteiger partial charge is 0.263 e. The van der Waals surface area contributed by atoms with E-state index in [2.05, 4.69) is 6.92 Å². The van der Waals surface area contributed by atoms with Crippen LogP contribution in [0.4, 0.5) is 5.69 Å². The molecule has 0 radical (unpaired) electrons. The van der Waals surface area contributed by atoms with Gasteiger partial charge in [-0.3, -0.25) is 14.2 Å². The molecular weight excluding hydrogens is 418 g/mol. The summed E-state index contributed by atoms with van der Waals surface area (Å²) in [7, 11) is 6.98. The first-order valence-electron chi connectivity index (χ1n) is 11.3. The van der Waals surface area contributed by atoms with Crippen LogP contribution in [0.25, 0.3) is 16.5 Å². The normalized spacial score (nSPS) is 16.0. The molecule has 3 aromatic rings. The Balaban J connectivity index is 2.00. The van der Waals surface area contributed by atoms with Crippen LogP contribution in [0, 0.1) is 0 Å². The average Bonchev–Trinajstić information content (AvgIpc) is 2.83. The van der Waals surface area contributed by atoms with E-state index >= 15 is 0 Å². The fraction of sp³-hybridized carbons (Fsp3) is 0.385. The third-order valence-corrected chi connectivity index (χ3v) is 6.44. The highest BCUT2D eigenvalue weighted by atomic mass is 16.5. The Morgan fingerprint density at radius 2 is 1.73 bits per heavy atom. The summed E-state index contributed by atoms with van der Waals surface area (Å²) >= 11 is 0. The average molecular weight is 450 g/mol. The zero-order chi connectivity index (χ0) is 23.7. The zero-order valence-corrected chi connectivity index (χ0v) is 19.9. The molecule has 0 bridgehead atoms. The lowest BCUT2D eigenvalue weighted by Gasteiger charge is -2.34. The number of aromatic nitrogens is 1. The number of nitrogens with zero attached hydrogens (tertiary/aromatic N) is 3. The van der Waals surface area contributed by atoms with Gasteiger partial charge in [0.05, 0.1) is 30.9 Å². The van der Waals surface area contributed by atoms with E-state index < -0.39 is 0 Å². The Morgan fingerprint density at radius 1 is 1.03 bits per heavy atom. The number of methoxy groups -OCH3 is 2. The molecule has 1 unspecified atom stereocenters. The summed E-state index contributed by atoms with van der Waals surface area (Å²) in [4.78, 5) is 31.3. The van der Waals surface area contributed by atoms with Crippen molar-refractivity contribution >= 4 is 22.4 Å². The molecule has 7 nitrogen and oxygen atoms in total. The topological polar surface area (TPSA) is 64.0 Å². The molecule has 1 aliphatic heterocycles. The number of rotatable bonds is 5. The van der Waals surface area contributed by atoms with Gasteiger partial charge in [-0.25, -0.2) is 0 Å². The molecule has 2 heterocycles. The van der Waals surface area contributed by atoms with Crippen molar-refractivity contribution in [3.8, 4) is 17.2 Å². The van der Waals surface area contributed by atoms with E-state index in [1.165, 1.54) is 7.11 Å². The van der Waals surface area contributed by atoms with E-state index in [0.717, 1.165) is 24.9 Å². The summed E-state index contributed by atoms with van der Waals surface area (Å²) in [6.45, 7) is 2.80. The maximum absolute atomic E-state index is 13.8. The van der Waals surface area contributed by atoms with Crippen molar-refractivity contribution in [1.82, 2.24) is 9.47 Å². The maximum Gasteiger partial charge on any atom is 0.263 e. The minimum atomic E-state index is -0.217. The highest BCUT2D eigenvalue weighted by Gasteiger charge is 2.27. The molecule has 1 fully saturated rings. The fourth-order valence-electron chi connectivity index (χ4n) is 4.50. The Morgan fingerprint density at radius 3 is 2.36 bits per heavy atom. The second kappa shape index (κ2) is 9.17. The van der Waals surface area contributed by atoms with E-state index in [9.17, 15) is 9.59 Å². The van der Waals surface area contributed by atoms with Gasteiger partial charge in [0.15, 0.2) is 11.5 Å².